The Bertz CT molecular complexity index is 981. The van der Waals surface area contributed by atoms with Crippen LogP contribution in [0.2, 0.25) is 0 Å². The molecule has 2 aromatic rings. The van der Waals surface area contributed by atoms with Crippen LogP contribution in [0.4, 0.5) is 4.39 Å². The first-order valence-corrected chi connectivity index (χ1v) is 8.48. The third-order valence-corrected chi connectivity index (χ3v) is 3.84. The zero-order valence-corrected chi connectivity index (χ0v) is 16.1. The highest BCUT2D eigenvalue weighted by molar-refractivity contribution is 6.06. The molecule has 28 heavy (non-hydrogen) atoms. The van der Waals surface area contributed by atoms with Crippen molar-refractivity contribution in [2.75, 3.05) is 7.11 Å². The van der Waals surface area contributed by atoms with Gasteiger partial charge in [0, 0.05) is 5.41 Å². The van der Waals surface area contributed by atoms with E-state index >= 15 is 0 Å². The van der Waals surface area contributed by atoms with E-state index in [4.69, 9.17) is 9.47 Å². The van der Waals surface area contributed by atoms with Crippen molar-refractivity contribution in [2.45, 2.75) is 20.8 Å². The van der Waals surface area contributed by atoms with Gasteiger partial charge in [0.2, 0.25) is 0 Å². The van der Waals surface area contributed by atoms with Gasteiger partial charge in [-0.3, -0.25) is 4.79 Å². The number of esters is 1. The molecule has 0 bridgehead atoms. The van der Waals surface area contributed by atoms with Gasteiger partial charge in [0.15, 0.2) is 17.3 Å². The van der Waals surface area contributed by atoms with Crippen LogP contribution in [-0.4, -0.2) is 18.9 Å². The Labute approximate surface area is 163 Å². The summed E-state index contributed by atoms with van der Waals surface area (Å²) in [5.74, 6) is -1.54. The molecule has 0 N–H and O–H groups in total. The number of rotatable bonds is 5. The number of hydrogen-bond acceptors (Lipinski definition) is 5. The number of benzene rings is 2. The fraction of sp³-hybridized carbons (Fsp3) is 0.227. The third kappa shape index (κ3) is 4.83. The lowest BCUT2D eigenvalue weighted by Gasteiger charge is -2.15. The van der Waals surface area contributed by atoms with Gasteiger partial charge >= 0.3 is 5.97 Å². The average Bonchev–Trinajstić information content (AvgIpc) is 2.66. The van der Waals surface area contributed by atoms with Crippen molar-refractivity contribution in [3.63, 3.8) is 0 Å². The van der Waals surface area contributed by atoms with Gasteiger partial charge in [0.25, 0.3) is 0 Å². The minimum absolute atomic E-state index is 0.00524. The van der Waals surface area contributed by atoms with Gasteiger partial charge in [0.1, 0.15) is 11.9 Å². The number of nitriles is 1. The first-order chi connectivity index (χ1) is 13.2. The molecule has 0 aliphatic rings. The van der Waals surface area contributed by atoms with Crippen LogP contribution < -0.4 is 9.47 Å². The lowest BCUT2D eigenvalue weighted by atomic mass is 9.86. The molecule has 0 unspecified atom stereocenters. The summed E-state index contributed by atoms with van der Waals surface area (Å²) >= 11 is 0. The number of ether oxygens (including phenoxy) is 2. The quantitative estimate of drug-likeness (QED) is 0.328. The maximum absolute atomic E-state index is 13.7. The Morgan fingerprint density at radius 3 is 2.36 bits per heavy atom. The number of Topliss-reactive ketones (excluding diaryl/α,β-unsaturated/α-hetero) is 1. The zero-order chi connectivity index (χ0) is 20.9. The molecule has 0 radical (unpaired) electrons. The molecule has 0 aliphatic heterocycles. The number of carbonyl (C=O) groups is 2. The summed E-state index contributed by atoms with van der Waals surface area (Å²) in [4.78, 5) is 24.5. The van der Waals surface area contributed by atoms with Gasteiger partial charge in [-0.25, -0.2) is 9.18 Å². The number of allylic oxidation sites excluding steroid dienone is 1. The molecule has 0 aromatic heterocycles. The highest BCUT2D eigenvalue weighted by Gasteiger charge is 2.25. The Hall–Kier alpha value is -3.46. The lowest BCUT2D eigenvalue weighted by Crippen LogP contribution is -2.21. The predicted molar refractivity (Wildman–Crippen MR) is 102 cm³/mol. The summed E-state index contributed by atoms with van der Waals surface area (Å²) < 4.78 is 24.2. The molecule has 0 heterocycles. The number of hydrogen-bond donors (Lipinski definition) is 0. The van der Waals surface area contributed by atoms with E-state index in [1.807, 2.05) is 6.07 Å². The van der Waals surface area contributed by atoms with Gasteiger partial charge in [-0.05, 0) is 35.9 Å². The van der Waals surface area contributed by atoms with Gasteiger partial charge < -0.3 is 9.47 Å². The van der Waals surface area contributed by atoms with E-state index in [2.05, 4.69) is 0 Å². The molecule has 0 atom stereocenters. The SMILES string of the molecule is COc1cc(/C=C(\C#N)C(=O)C(C)(C)C)ccc1OC(=O)c1ccccc1F. The van der Waals surface area contributed by atoms with E-state index in [-0.39, 0.29) is 28.4 Å². The van der Waals surface area contributed by atoms with Gasteiger partial charge in [-0.15, -0.1) is 0 Å². The predicted octanol–water partition coefficient (Wildman–Crippen LogP) is 4.58. The number of halogens is 1. The molecule has 0 saturated carbocycles. The topological polar surface area (TPSA) is 76.4 Å². The second-order valence-corrected chi connectivity index (χ2v) is 7.03. The van der Waals surface area contributed by atoms with Crippen LogP contribution in [0.3, 0.4) is 0 Å². The monoisotopic (exact) mass is 381 g/mol. The van der Waals surface area contributed by atoms with Crippen LogP contribution in [0.1, 0.15) is 36.7 Å². The number of methoxy groups -OCH3 is 1. The van der Waals surface area contributed by atoms with Crippen molar-refractivity contribution < 1.29 is 23.5 Å². The number of carbonyl (C=O) groups excluding carboxylic acids is 2. The molecule has 0 amide bonds. The van der Waals surface area contributed by atoms with Crippen molar-refractivity contribution in [3.8, 4) is 17.6 Å². The molecule has 5 nitrogen and oxygen atoms in total. The van der Waals surface area contributed by atoms with Crippen molar-refractivity contribution in [1.82, 2.24) is 0 Å². The number of nitrogens with zero attached hydrogens (tertiary/aromatic N) is 1. The number of ketones is 1. The van der Waals surface area contributed by atoms with Crippen molar-refractivity contribution in [3.05, 3.63) is 65.0 Å². The molecule has 0 fully saturated rings. The van der Waals surface area contributed by atoms with E-state index in [0.29, 0.717) is 5.56 Å². The molecule has 2 rings (SSSR count). The third-order valence-electron chi connectivity index (χ3n) is 3.84. The van der Waals surface area contributed by atoms with E-state index in [1.165, 1.54) is 43.5 Å². The maximum atomic E-state index is 13.7. The molecule has 6 heteroatoms. The van der Waals surface area contributed by atoms with Gasteiger partial charge in [-0.2, -0.15) is 5.26 Å². The first kappa shape index (κ1) is 20.8. The molecule has 0 aliphatic carbocycles. The Kier molecular flexibility index (Phi) is 6.32. The largest absolute Gasteiger partial charge is 0.493 e. The van der Waals surface area contributed by atoms with Crippen LogP contribution in [0, 0.1) is 22.6 Å². The van der Waals surface area contributed by atoms with E-state index in [9.17, 15) is 19.2 Å². The van der Waals surface area contributed by atoms with Crippen molar-refractivity contribution in [2.24, 2.45) is 5.41 Å². The molecule has 0 spiro atoms. The summed E-state index contributed by atoms with van der Waals surface area (Å²) in [6, 6.07) is 11.9. The zero-order valence-electron chi connectivity index (χ0n) is 16.1. The fourth-order valence-corrected chi connectivity index (χ4v) is 2.36. The Morgan fingerprint density at radius 2 is 1.79 bits per heavy atom. The van der Waals surface area contributed by atoms with Crippen LogP contribution >= 0.6 is 0 Å². The van der Waals surface area contributed by atoms with Crippen LogP contribution in [0.15, 0.2) is 48.0 Å². The normalized spacial score (nSPS) is 11.5. The standard InChI is InChI=1S/C22H20FNO4/c1-22(2,3)20(25)15(13-24)11-14-9-10-18(19(12-14)27-4)28-21(26)16-7-5-6-8-17(16)23/h5-12H,1-4H3/b15-11+. The molecule has 2 aromatic carbocycles. The lowest BCUT2D eigenvalue weighted by molar-refractivity contribution is -0.121. The molecular formula is C22H20FNO4. The minimum Gasteiger partial charge on any atom is -0.493 e. The Morgan fingerprint density at radius 1 is 1.11 bits per heavy atom. The van der Waals surface area contributed by atoms with E-state index < -0.39 is 17.2 Å². The van der Waals surface area contributed by atoms with E-state index in [1.54, 1.807) is 26.8 Å². The van der Waals surface area contributed by atoms with Crippen LogP contribution in [0.25, 0.3) is 6.08 Å². The summed E-state index contributed by atoms with van der Waals surface area (Å²) in [7, 11) is 1.38. The average molecular weight is 381 g/mol. The van der Waals surface area contributed by atoms with Crippen molar-refractivity contribution in [1.29, 1.82) is 5.26 Å². The Balaban J connectivity index is 2.33. The minimum atomic E-state index is -0.861. The van der Waals surface area contributed by atoms with Gasteiger partial charge in [0.05, 0.1) is 18.2 Å². The second-order valence-electron chi connectivity index (χ2n) is 7.03. The summed E-state index contributed by atoms with van der Waals surface area (Å²) in [6.45, 7) is 5.19. The van der Waals surface area contributed by atoms with Crippen LogP contribution in [-0.2, 0) is 4.79 Å². The summed E-state index contributed by atoms with van der Waals surface area (Å²) in [6.07, 6.45) is 1.44. The van der Waals surface area contributed by atoms with Crippen molar-refractivity contribution >= 4 is 17.8 Å². The molecule has 0 saturated heterocycles. The fourth-order valence-electron chi connectivity index (χ4n) is 2.36. The summed E-state index contributed by atoms with van der Waals surface area (Å²) in [5.41, 5.74) is -0.362. The van der Waals surface area contributed by atoms with Crippen LogP contribution in [0.5, 0.6) is 11.5 Å². The second kappa shape index (κ2) is 8.49. The highest BCUT2D eigenvalue weighted by atomic mass is 19.1. The molecular weight excluding hydrogens is 361 g/mol. The van der Waals surface area contributed by atoms with Gasteiger partial charge in [-0.1, -0.05) is 39.0 Å². The smallest absolute Gasteiger partial charge is 0.346 e. The summed E-state index contributed by atoms with van der Waals surface area (Å²) in [5, 5.41) is 9.30. The molecule has 144 valence electrons. The van der Waals surface area contributed by atoms with E-state index in [0.717, 1.165) is 6.07 Å². The first-order valence-electron chi connectivity index (χ1n) is 8.48. The highest BCUT2D eigenvalue weighted by Crippen LogP contribution is 2.30. The maximum Gasteiger partial charge on any atom is 0.346 e.